The summed E-state index contributed by atoms with van der Waals surface area (Å²) >= 11 is 0. The van der Waals surface area contributed by atoms with Gasteiger partial charge in [0.25, 0.3) is 0 Å². The maximum Gasteiger partial charge on any atom is 0.461 e. The van der Waals surface area contributed by atoms with Crippen molar-refractivity contribution in [3.8, 4) is 5.75 Å². The van der Waals surface area contributed by atoms with E-state index < -0.39 is 35.6 Å². The number of carbonyl (C=O) groups excluding carboxylic acids is 1. The molecule has 0 aromatic heterocycles. The largest absolute Gasteiger partial charge is 0.461 e. The Balaban J connectivity index is 1.78. The van der Waals surface area contributed by atoms with E-state index in [2.05, 4.69) is 4.74 Å². The topological polar surface area (TPSA) is 59.0 Å². The Kier molecular flexibility index (Phi) is 5.49. The van der Waals surface area contributed by atoms with Crippen LogP contribution in [0.25, 0.3) is 0 Å². The van der Waals surface area contributed by atoms with Gasteiger partial charge >= 0.3 is 18.6 Å². The summed E-state index contributed by atoms with van der Waals surface area (Å²) < 4.78 is 60.8. The molecule has 1 N–H and O–H groups in total. The number of benzene rings is 1. The lowest BCUT2D eigenvalue weighted by Crippen LogP contribution is -2.53. The number of alkyl halides is 4. The lowest BCUT2D eigenvalue weighted by Gasteiger charge is -2.44. The number of halogens is 4. The standard InChI is InChI=1S/C20H25F4NO4/c1-18(2,3)29-17(26)25-13-7-8-14(25)11-19(27,10-13)12-5-4-6-15(9-12)28-20(23,24)16(21)22/h4-6,9,13-14,16,27H,7-8,10-11H2,1-3H3. The summed E-state index contributed by atoms with van der Waals surface area (Å²) in [4.78, 5) is 14.2. The molecule has 162 valence electrons. The lowest BCUT2D eigenvalue weighted by atomic mass is 9.80. The molecule has 29 heavy (non-hydrogen) atoms. The zero-order valence-corrected chi connectivity index (χ0v) is 16.5. The first kappa shape index (κ1) is 21.7. The average Bonchev–Trinajstić information content (AvgIpc) is 2.86. The number of nitrogens with zero attached hydrogens (tertiary/aromatic N) is 1. The van der Waals surface area contributed by atoms with Crippen LogP contribution in [-0.4, -0.2) is 46.3 Å². The fourth-order valence-corrected chi connectivity index (χ4v) is 4.12. The zero-order valence-electron chi connectivity index (χ0n) is 16.5. The molecule has 2 unspecified atom stereocenters. The zero-order chi connectivity index (χ0) is 21.6. The van der Waals surface area contributed by atoms with E-state index in [0.29, 0.717) is 18.4 Å². The number of aliphatic hydroxyl groups is 1. The quantitative estimate of drug-likeness (QED) is 0.721. The highest BCUT2D eigenvalue weighted by atomic mass is 19.3. The second kappa shape index (κ2) is 7.34. The molecule has 2 aliphatic heterocycles. The van der Waals surface area contributed by atoms with Crippen molar-refractivity contribution in [3.63, 3.8) is 0 Å². The molecule has 2 aliphatic rings. The van der Waals surface area contributed by atoms with E-state index in [1.165, 1.54) is 12.1 Å². The molecule has 2 fully saturated rings. The molecule has 2 bridgehead atoms. The van der Waals surface area contributed by atoms with Crippen LogP contribution < -0.4 is 4.74 Å². The van der Waals surface area contributed by atoms with Gasteiger partial charge in [-0.15, -0.1) is 0 Å². The first-order valence-corrected chi connectivity index (χ1v) is 9.50. The molecule has 0 aliphatic carbocycles. The summed E-state index contributed by atoms with van der Waals surface area (Å²) in [6.07, 6.45) is -7.28. The van der Waals surface area contributed by atoms with Crippen molar-refractivity contribution >= 4 is 6.09 Å². The molecular weight excluding hydrogens is 394 g/mol. The Morgan fingerprint density at radius 3 is 2.31 bits per heavy atom. The minimum absolute atomic E-state index is 0.192. The molecule has 0 radical (unpaired) electrons. The summed E-state index contributed by atoms with van der Waals surface area (Å²) in [6, 6.07) is 4.66. The van der Waals surface area contributed by atoms with Crippen molar-refractivity contribution in [1.29, 1.82) is 0 Å². The van der Waals surface area contributed by atoms with Gasteiger partial charge in [0.2, 0.25) is 0 Å². The number of hydrogen-bond donors (Lipinski definition) is 1. The normalized spacial score (nSPS) is 27.3. The van der Waals surface area contributed by atoms with E-state index in [0.717, 1.165) is 12.1 Å². The maximum absolute atomic E-state index is 13.2. The minimum Gasteiger partial charge on any atom is -0.444 e. The third kappa shape index (κ3) is 4.60. The average molecular weight is 419 g/mol. The third-order valence-corrected chi connectivity index (χ3v) is 5.25. The Labute approximate surface area is 166 Å². The molecule has 3 rings (SSSR count). The van der Waals surface area contributed by atoms with Crippen LogP contribution in [0.4, 0.5) is 22.4 Å². The Morgan fingerprint density at radius 2 is 1.79 bits per heavy atom. The number of carbonyl (C=O) groups is 1. The predicted molar refractivity (Wildman–Crippen MR) is 96.0 cm³/mol. The number of piperidine rings is 1. The van der Waals surface area contributed by atoms with E-state index in [1.807, 2.05) is 0 Å². The Hall–Kier alpha value is -2.03. The van der Waals surface area contributed by atoms with E-state index in [4.69, 9.17) is 4.74 Å². The lowest BCUT2D eigenvalue weighted by molar-refractivity contribution is -0.253. The van der Waals surface area contributed by atoms with Gasteiger partial charge in [0, 0.05) is 24.9 Å². The number of fused-ring (bicyclic) bond motifs is 2. The molecule has 2 heterocycles. The highest BCUT2D eigenvalue weighted by Gasteiger charge is 2.51. The molecule has 9 heteroatoms. The molecule has 1 aromatic rings. The van der Waals surface area contributed by atoms with Crippen LogP contribution in [0.1, 0.15) is 52.0 Å². The van der Waals surface area contributed by atoms with Crippen molar-refractivity contribution in [1.82, 2.24) is 4.90 Å². The van der Waals surface area contributed by atoms with Crippen LogP contribution >= 0.6 is 0 Å². The van der Waals surface area contributed by atoms with Crippen LogP contribution in [0, 0.1) is 0 Å². The highest BCUT2D eigenvalue weighted by Crippen LogP contribution is 2.46. The molecular formula is C20H25F4NO4. The summed E-state index contributed by atoms with van der Waals surface area (Å²) in [5.74, 6) is -0.455. The SMILES string of the molecule is CC(C)(C)OC(=O)N1C2CCC1CC(O)(c1cccc(OC(F)(F)C(F)F)c1)C2. The van der Waals surface area contributed by atoms with Crippen LogP contribution in [0.3, 0.4) is 0 Å². The Morgan fingerprint density at radius 1 is 1.21 bits per heavy atom. The summed E-state index contributed by atoms with van der Waals surface area (Å²) in [7, 11) is 0. The molecule has 2 atom stereocenters. The van der Waals surface area contributed by atoms with Crippen LogP contribution in [0.15, 0.2) is 24.3 Å². The second-order valence-corrected chi connectivity index (χ2v) is 8.70. The smallest absolute Gasteiger partial charge is 0.444 e. The molecule has 2 saturated heterocycles. The van der Waals surface area contributed by atoms with E-state index in [1.54, 1.807) is 25.7 Å². The summed E-state index contributed by atoms with van der Waals surface area (Å²) in [5, 5.41) is 11.2. The molecule has 1 aromatic carbocycles. The molecule has 5 nitrogen and oxygen atoms in total. The number of ether oxygens (including phenoxy) is 2. The van der Waals surface area contributed by atoms with Gasteiger partial charge in [-0.25, -0.2) is 4.79 Å². The van der Waals surface area contributed by atoms with Gasteiger partial charge in [0.1, 0.15) is 11.4 Å². The van der Waals surface area contributed by atoms with Crippen molar-refractivity contribution in [3.05, 3.63) is 29.8 Å². The number of hydrogen-bond acceptors (Lipinski definition) is 4. The molecule has 0 saturated carbocycles. The summed E-state index contributed by atoms with van der Waals surface area (Å²) in [6.45, 7) is 5.31. The maximum atomic E-state index is 13.2. The Bertz CT molecular complexity index is 751. The predicted octanol–water partition coefficient (Wildman–Crippen LogP) is 4.67. The first-order valence-electron chi connectivity index (χ1n) is 9.50. The number of rotatable bonds is 4. The van der Waals surface area contributed by atoms with E-state index in [-0.39, 0.29) is 24.9 Å². The van der Waals surface area contributed by atoms with Crippen molar-refractivity contribution in [2.24, 2.45) is 0 Å². The fraction of sp³-hybridized carbons (Fsp3) is 0.650. The molecule has 0 spiro atoms. The second-order valence-electron chi connectivity index (χ2n) is 8.70. The van der Waals surface area contributed by atoms with Gasteiger partial charge in [-0.1, -0.05) is 12.1 Å². The van der Waals surface area contributed by atoms with Gasteiger partial charge in [-0.3, -0.25) is 0 Å². The van der Waals surface area contributed by atoms with Crippen LogP contribution in [-0.2, 0) is 10.3 Å². The molecule has 1 amide bonds. The van der Waals surface area contributed by atoms with Gasteiger partial charge in [-0.05, 0) is 51.3 Å². The van der Waals surface area contributed by atoms with Gasteiger partial charge in [0.05, 0.1) is 5.60 Å². The van der Waals surface area contributed by atoms with Crippen LogP contribution in [0.2, 0.25) is 0 Å². The van der Waals surface area contributed by atoms with E-state index in [9.17, 15) is 27.5 Å². The van der Waals surface area contributed by atoms with Crippen molar-refractivity contribution in [2.75, 3.05) is 0 Å². The van der Waals surface area contributed by atoms with Gasteiger partial charge in [-0.2, -0.15) is 17.6 Å². The van der Waals surface area contributed by atoms with E-state index >= 15 is 0 Å². The highest BCUT2D eigenvalue weighted by molar-refractivity contribution is 5.69. The minimum atomic E-state index is -4.62. The third-order valence-electron chi connectivity index (χ3n) is 5.25. The van der Waals surface area contributed by atoms with Crippen molar-refractivity contribution < 1.29 is 36.9 Å². The van der Waals surface area contributed by atoms with Gasteiger partial charge in [0.15, 0.2) is 0 Å². The van der Waals surface area contributed by atoms with Gasteiger partial charge < -0.3 is 19.5 Å². The summed E-state index contributed by atoms with van der Waals surface area (Å²) in [5.41, 5.74) is -1.74. The number of amides is 1. The monoisotopic (exact) mass is 419 g/mol. The fourth-order valence-electron chi connectivity index (χ4n) is 4.12. The van der Waals surface area contributed by atoms with Crippen molar-refractivity contribution in [2.45, 2.75) is 82.3 Å². The first-order chi connectivity index (χ1) is 13.3. The van der Waals surface area contributed by atoms with Crippen LogP contribution in [0.5, 0.6) is 5.75 Å².